The number of sulfonamides is 1. The van der Waals surface area contributed by atoms with Gasteiger partial charge in [0.25, 0.3) is 5.91 Å². The Labute approximate surface area is 131 Å². The van der Waals surface area contributed by atoms with Gasteiger partial charge in [0.2, 0.25) is 10.0 Å². The van der Waals surface area contributed by atoms with Crippen LogP contribution in [0.1, 0.15) is 31.1 Å². The molecule has 7 nitrogen and oxygen atoms in total. The predicted octanol–water partition coefficient (Wildman–Crippen LogP) is 1.41. The molecule has 0 aliphatic rings. The zero-order valence-corrected chi connectivity index (χ0v) is 14.4. The predicted molar refractivity (Wildman–Crippen MR) is 82.2 cm³/mol. The maximum Gasteiger partial charge on any atom is 0.277 e. The number of hydrogen-bond donors (Lipinski definition) is 1. The van der Waals surface area contributed by atoms with Crippen molar-refractivity contribution in [2.24, 2.45) is 0 Å². The number of hydroxylamine groups is 2. The van der Waals surface area contributed by atoms with E-state index >= 15 is 0 Å². The van der Waals surface area contributed by atoms with Gasteiger partial charge in [0.1, 0.15) is 10.6 Å². The van der Waals surface area contributed by atoms with Crippen LogP contribution in [0.5, 0.6) is 5.75 Å². The first kappa shape index (κ1) is 18.4. The van der Waals surface area contributed by atoms with Crippen molar-refractivity contribution in [2.75, 3.05) is 21.3 Å². The minimum Gasteiger partial charge on any atom is -0.495 e. The highest BCUT2D eigenvalue weighted by atomic mass is 32.2. The van der Waals surface area contributed by atoms with Crippen LogP contribution in [0, 0.1) is 0 Å². The number of rotatable bonds is 5. The summed E-state index contributed by atoms with van der Waals surface area (Å²) in [4.78, 5) is 16.8. The monoisotopic (exact) mass is 330 g/mol. The average molecular weight is 330 g/mol. The summed E-state index contributed by atoms with van der Waals surface area (Å²) < 4.78 is 32.6. The Bertz CT molecular complexity index is 650. The number of carbonyl (C=O) groups excluding carboxylic acids is 1. The van der Waals surface area contributed by atoms with Gasteiger partial charge in [-0.2, -0.15) is 0 Å². The lowest BCUT2D eigenvalue weighted by Gasteiger charge is -2.22. The fourth-order valence-corrected chi connectivity index (χ4v) is 3.36. The molecule has 22 heavy (non-hydrogen) atoms. The Kier molecular flexibility index (Phi) is 5.55. The molecule has 1 N–H and O–H groups in total. The molecule has 0 saturated carbocycles. The van der Waals surface area contributed by atoms with E-state index in [4.69, 9.17) is 9.57 Å². The molecule has 0 heterocycles. The molecule has 1 aromatic rings. The van der Waals surface area contributed by atoms with Crippen molar-refractivity contribution in [3.8, 4) is 5.75 Å². The van der Waals surface area contributed by atoms with Crippen LogP contribution in [-0.2, 0) is 14.9 Å². The fraction of sp³-hybridized carbons (Fsp3) is 0.500. The van der Waals surface area contributed by atoms with E-state index in [0.29, 0.717) is 0 Å². The van der Waals surface area contributed by atoms with E-state index in [0.717, 1.165) is 5.06 Å². The third-order valence-corrected chi connectivity index (χ3v) is 4.48. The van der Waals surface area contributed by atoms with E-state index in [9.17, 15) is 13.2 Å². The molecule has 124 valence electrons. The smallest absolute Gasteiger partial charge is 0.277 e. The summed E-state index contributed by atoms with van der Waals surface area (Å²) in [5.41, 5.74) is -0.480. The molecule has 0 fully saturated rings. The van der Waals surface area contributed by atoms with Crippen molar-refractivity contribution in [3.05, 3.63) is 23.8 Å². The van der Waals surface area contributed by atoms with Crippen LogP contribution in [0.3, 0.4) is 0 Å². The first-order valence-corrected chi connectivity index (χ1v) is 8.04. The third kappa shape index (κ3) is 4.43. The maximum atomic E-state index is 12.5. The SMILES string of the molecule is COc1ccc(C(=O)N(C)OC)cc1S(=O)(=O)NC(C)(C)C. The summed E-state index contributed by atoms with van der Waals surface area (Å²) in [5, 5.41) is 1.01. The first-order valence-electron chi connectivity index (χ1n) is 6.56. The van der Waals surface area contributed by atoms with Crippen LogP contribution < -0.4 is 9.46 Å². The van der Waals surface area contributed by atoms with Crippen LogP contribution in [0.25, 0.3) is 0 Å². The summed E-state index contributed by atoms with van der Waals surface area (Å²) in [7, 11) is 0.320. The van der Waals surface area contributed by atoms with Crippen LogP contribution in [0.15, 0.2) is 23.1 Å². The Morgan fingerprint density at radius 1 is 1.23 bits per heavy atom. The molecular formula is C14H22N2O5S. The molecule has 8 heteroatoms. The van der Waals surface area contributed by atoms with Gasteiger partial charge in [0, 0.05) is 18.2 Å². The Morgan fingerprint density at radius 2 is 1.82 bits per heavy atom. The van der Waals surface area contributed by atoms with E-state index in [1.807, 2.05) is 0 Å². The first-order chi connectivity index (χ1) is 10.0. The van der Waals surface area contributed by atoms with Crippen molar-refractivity contribution in [1.29, 1.82) is 0 Å². The lowest BCUT2D eigenvalue weighted by molar-refractivity contribution is -0.0757. The maximum absolute atomic E-state index is 12.5. The van der Waals surface area contributed by atoms with Crippen molar-refractivity contribution in [3.63, 3.8) is 0 Å². The largest absolute Gasteiger partial charge is 0.495 e. The van der Waals surface area contributed by atoms with Crippen molar-refractivity contribution in [1.82, 2.24) is 9.79 Å². The van der Waals surface area contributed by atoms with Gasteiger partial charge in [-0.25, -0.2) is 18.2 Å². The standard InChI is InChI=1S/C14H22N2O5S/c1-14(2,3)15-22(18,19)12-9-10(7-8-11(12)20-5)13(17)16(4)21-6/h7-9,15H,1-6H3. The van der Waals surface area contributed by atoms with E-state index in [-0.39, 0.29) is 16.2 Å². The summed E-state index contributed by atoms with van der Waals surface area (Å²) >= 11 is 0. The number of hydrogen-bond acceptors (Lipinski definition) is 5. The Balaban J connectivity index is 3.37. The summed E-state index contributed by atoms with van der Waals surface area (Å²) in [6, 6.07) is 4.19. The highest BCUT2D eigenvalue weighted by Crippen LogP contribution is 2.26. The second-order valence-corrected chi connectivity index (χ2v) is 7.36. The van der Waals surface area contributed by atoms with Crippen molar-refractivity contribution in [2.45, 2.75) is 31.2 Å². The van der Waals surface area contributed by atoms with E-state index in [1.165, 1.54) is 39.5 Å². The minimum absolute atomic E-state index is 0.0970. The molecule has 1 aromatic carbocycles. The topological polar surface area (TPSA) is 84.9 Å². The van der Waals surface area contributed by atoms with Gasteiger partial charge in [-0.05, 0) is 39.0 Å². The number of ether oxygens (including phenoxy) is 1. The quantitative estimate of drug-likeness (QED) is 0.825. The molecule has 0 bridgehead atoms. The van der Waals surface area contributed by atoms with Gasteiger partial charge in [-0.15, -0.1) is 0 Å². The second kappa shape index (κ2) is 6.64. The molecule has 1 rings (SSSR count). The highest BCUT2D eigenvalue weighted by Gasteiger charge is 2.26. The summed E-state index contributed by atoms with van der Waals surface area (Å²) in [5.74, 6) is -0.300. The second-order valence-electron chi connectivity index (χ2n) is 5.71. The lowest BCUT2D eigenvalue weighted by atomic mass is 10.1. The Hall–Kier alpha value is -1.64. The molecule has 0 atom stereocenters. The highest BCUT2D eigenvalue weighted by molar-refractivity contribution is 7.89. The molecule has 0 aromatic heterocycles. The normalized spacial score (nSPS) is 12.1. The molecule has 0 aliphatic carbocycles. The zero-order chi connectivity index (χ0) is 17.1. The zero-order valence-electron chi connectivity index (χ0n) is 13.6. The van der Waals surface area contributed by atoms with Gasteiger partial charge >= 0.3 is 0 Å². The molecule has 0 spiro atoms. The number of carbonyl (C=O) groups is 1. The van der Waals surface area contributed by atoms with Gasteiger partial charge in [-0.1, -0.05) is 0 Å². The van der Waals surface area contributed by atoms with Crippen LogP contribution in [-0.4, -0.2) is 46.2 Å². The van der Waals surface area contributed by atoms with Crippen LogP contribution in [0.4, 0.5) is 0 Å². The van der Waals surface area contributed by atoms with E-state index in [2.05, 4.69) is 4.72 Å². The molecule has 0 unspecified atom stereocenters. The van der Waals surface area contributed by atoms with Gasteiger partial charge in [0.05, 0.1) is 14.2 Å². The summed E-state index contributed by atoms with van der Waals surface area (Å²) in [6.07, 6.45) is 0. The Morgan fingerprint density at radius 3 is 2.27 bits per heavy atom. The fourth-order valence-electron chi connectivity index (χ4n) is 1.74. The van der Waals surface area contributed by atoms with Gasteiger partial charge < -0.3 is 4.74 Å². The number of nitrogens with zero attached hydrogens (tertiary/aromatic N) is 1. The number of benzene rings is 1. The van der Waals surface area contributed by atoms with E-state index in [1.54, 1.807) is 20.8 Å². The van der Waals surface area contributed by atoms with Crippen molar-refractivity contribution >= 4 is 15.9 Å². The molecule has 0 radical (unpaired) electrons. The van der Waals surface area contributed by atoms with Gasteiger partial charge in [-0.3, -0.25) is 9.63 Å². The number of amides is 1. The molecule has 1 amide bonds. The number of nitrogens with one attached hydrogen (secondary N) is 1. The lowest BCUT2D eigenvalue weighted by Crippen LogP contribution is -2.40. The van der Waals surface area contributed by atoms with Crippen molar-refractivity contribution < 1.29 is 22.8 Å². The molecule has 0 aliphatic heterocycles. The summed E-state index contributed by atoms with van der Waals surface area (Å²) in [6.45, 7) is 5.18. The van der Waals surface area contributed by atoms with E-state index < -0.39 is 21.5 Å². The molecule has 0 saturated heterocycles. The third-order valence-electron chi connectivity index (χ3n) is 2.70. The van der Waals surface area contributed by atoms with Crippen LogP contribution >= 0.6 is 0 Å². The average Bonchev–Trinajstić information content (AvgIpc) is 2.42. The minimum atomic E-state index is -3.84. The number of methoxy groups -OCH3 is 1. The van der Waals surface area contributed by atoms with Gasteiger partial charge in [0.15, 0.2) is 0 Å². The van der Waals surface area contributed by atoms with Crippen LogP contribution in [0.2, 0.25) is 0 Å². The molecular weight excluding hydrogens is 308 g/mol.